The van der Waals surface area contributed by atoms with Gasteiger partial charge in [0, 0.05) is 25.4 Å². The fraction of sp³-hybridized carbons (Fsp3) is 0.421. The van der Waals surface area contributed by atoms with Crippen molar-refractivity contribution in [1.29, 1.82) is 0 Å². The second-order valence-electron chi connectivity index (χ2n) is 7.11. The van der Waals surface area contributed by atoms with Gasteiger partial charge in [0.2, 0.25) is 11.8 Å². The van der Waals surface area contributed by atoms with Gasteiger partial charge in [0.25, 0.3) is 11.8 Å². The van der Waals surface area contributed by atoms with Crippen molar-refractivity contribution >= 4 is 35.6 Å². The molecule has 1 aromatic carbocycles. The molecule has 0 aromatic heterocycles. The number of nitrogens with one attached hydrogen (secondary N) is 1. The number of aldehydes is 1. The lowest BCUT2D eigenvalue weighted by Gasteiger charge is -2.32. The van der Waals surface area contributed by atoms with E-state index in [4.69, 9.17) is 0 Å². The minimum atomic E-state index is -0.969. The van der Waals surface area contributed by atoms with Crippen LogP contribution in [0.1, 0.15) is 46.4 Å². The molecule has 0 aliphatic carbocycles. The topological polar surface area (TPSA) is 104 Å². The fourth-order valence-electron chi connectivity index (χ4n) is 4.04. The molecule has 8 nitrogen and oxygen atoms in total. The molecule has 0 spiro atoms. The molecule has 2 saturated heterocycles. The number of fused-ring (bicyclic) bond motifs is 1. The van der Waals surface area contributed by atoms with Gasteiger partial charge in [-0.1, -0.05) is 6.07 Å². The predicted molar refractivity (Wildman–Crippen MR) is 94.1 cm³/mol. The van der Waals surface area contributed by atoms with Crippen LogP contribution < -0.4 is 10.2 Å². The average Bonchev–Trinajstić information content (AvgIpc) is 2.93. The molecular formula is C19H19N3O5. The maximum atomic E-state index is 13.1. The Morgan fingerprint density at radius 2 is 1.74 bits per heavy atom. The van der Waals surface area contributed by atoms with Crippen LogP contribution in [0, 0.1) is 5.92 Å². The molecule has 0 saturated carbocycles. The van der Waals surface area contributed by atoms with Gasteiger partial charge in [-0.15, -0.1) is 0 Å². The van der Waals surface area contributed by atoms with Gasteiger partial charge < -0.3 is 9.69 Å². The molecule has 8 heteroatoms. The van der Waals surface area contributed by atoms with Crippen LogP contribution in [0.5, 0.6) is 0 Å². The minimum Gasteiger partial charge on any atom is -0.371 e. The summed E-state index contributed by atoms with van der Waals surface area (Å²) in [4.78, 5) is 63.4. The Morgan fingerprint density at radius 1 is 1.00 bits per heavy atom. The lowest BCUT2D eigenvalue weighted by atomic mass is 9.97. The van der Waals surface area contributed by atoms with E-state index in [9.17, 15) is 24.0 Å². The van der Waals surface area contributed by atoms with Crippen molar-refractivity contribution in [3.8, 4) is 0 Å². The smallest absolute Gasteiger partial charge is 0.264 e. The predicted octanol–water partition coefficient (Wildman–Crippen LogP) is 0.503. The van der Waals surface area contributed by atoms with Crippen LogP contribution in [0.15, 0.2) is 18.2 Å². The van der Waals surface area contributed by atoms with E-state index >= 15 is 0 Å². The molecule has 2 fully saturated rings. The highest BCUT2D eigenvalue weighted by atomic mass is 16.2. The van der Waals surface area contributed by atoms with Gasteiger partial charge >= 0.3 is 0 Å². The number of carbonyl (C=O) groups is 5. The molecule has 1 unspecified atom stereocenters. The molecule has 140 valence electrons. The summed E-state index contributed by atoms with van der Waals surface area (Å²) in [7, 11) is 0. The molecular weight excluding hydrogens is 350 g/mol. The largest absolute Gasteiger partial charge is 0.371 e. The summed E-state index contributed by atoms with van der Waals surface area (Å²) in [6, 6.07) is 4.13. The summed E-state index contributed by atoms with van der Waals surface area (Å²) in [5.41, 5.74) is 1.24. The van der Waals surface area contributed by atoms with Gasteiger partial charge in [0.15, 0.2) is 0 Å². The van der Waals surface area contributed by atoms with E-state index in [1.54, 1.807) is 18.2 Å². The Morgan fingerprint density at radius 3 is 2.41 bits per heavy atom. The molecule has 1 N–H and O–H groups in total. The maximum Gasteiger partial charge on any atom is 0.264 e. The third-order valence-corrected chi connectivity index (χ3v) is 5.52. The summed E-state index contributed by atoms with van der Waals surface area (Å²) >= 11 is 0. The van der Waals surface area contributed by atoms with E-state index in [2.05, 4.69) is 5.32 Å². The van der Waals surface area contributed by atoms with Crippen molar-refractivity contribution in [2.24, 2.45) is 5.92 Å². The summed E-state index contributed by atoms with van der Waals surface area (Å²) < 4.78 is 0. The molecule has 1 atom stereocenters. The highest BCUT2D eigenvalue weighted by molar-refractivity contribution is 6.25. The number of benzene rings is 1. The molecule has 3 aliphatic heterocycles. The molecule has 4 amide bonds. The molecule has 4 rings (SSSR count). The first-order valence-corrected chi connectivity index (χ1v) is 9.06. The summed E-state index contributed by atoms with van der Waals surface area (Å²) in [5, 5.41) is 2.20. The number of anilines is 1. The number of piperidine rings is 2. The quantitative estimate of drug-likeness (QED) is 0.615. The first kappa shape index (κ1) is 17.4. The standard InChI is InChI=1S/C19H19N3O5/c23-10-11-6-8-21(9-7-11)13-3-1-2-12-16(13)19(27)22(18(12)26)14-4-5-15(24)20-17(14)25/h1-3,10-11,14H,4-9H2,(H,20,24,25). The Hall–Kier alpha value is -3.03. The highest BCUT2D eigenvalue weighted by Crippen LogP contribution is 2.35. The molecule has 3 aliphatic rings. The lowest BCUT2D eigenvalue weighted by Crippen LogP contribution is -2.54. The number of amides is 4. The SMILES string of the molecule is O=CC1CCN(c2cccc3c2C(=O)N(C2CCC(=O)NC2=O)C3=O)CC1. The normalized spacial score (nSPS) is 23.5. The molecule has 1 aromatic rings. The number of rotatable bonds is 3. The molecule has 3 heterocycles. The second kappa shape index (κ2) is 6.61. The number of carbonyl (C=O) groups excluding carboxylic acids is 5. The summed E-state index contributed by atoms with van der Waals surface area (Å²) in [6.07, 6.45) is 2.59. The van der Waals surface area contributed by atoms with Crippen LogP contribution >= 0.6 is 0 Å². The van der Waals surface area contributed by atoms with Crippen molar-refractivity contribution < 1.29 is 24.0 Å². The van der Waals surface area contributed by atoms with Crippen LogP contribution in [0.2, 0.25) is 0 Å². The average molecular weight is 369 g/mol. The van der Waals surface area contributed by atoms with Gasteiger partial charge in [-0.3, -0.25) is 29.4 Å². The Balaban J connectivity index is 1.65. The number of nitrogens with zero attached hydrogens (tertiary/aromatic N) is 2. The van der Waals surface area contributed by atoms with Crippen LogP contribution in [-0.2, 0) is 14.4 Å². The van der Waals surface area contributed by atoms with Gasteiger partial charge in [-0.05, 0) is 31.4 Å². The van der Waals surface area contributed by atoms with Crippen LogP contribution in [0.4, 0.5) is 5.69 Å². The van der Waals surface area contributed by atoms with E-state index in [1.165, 1.54) is 0 Å². The Kier molecular flexibility index (Phi) is 4.25. The third-order valence-electron chi connectivity index (χ3n) is 5.52. The first-order chi connectivity index (χ1) is 13.0. The van der Waals surface area contributed by atoms with Crippen molar-refractivity contribution in [3.63, 3.8) is 0 Å². The van der Waals surface area contributed by atoms with E-state index in [-0.39, 0.29) is 24.3 Å². The van der Waals surface area contributed by atoms with E-state index < -0.39 is 29.7 Å². The summed E-state index contributed by atoms with van der Waals surface area (Å²) in [6.45, 7) is 1.25. The zero-order chi connectivity index (χ0) is 19.1. The first-order valence-electron chi connectivity index (χ1n) is 9.06. The number of hydrogen-bond donors (Lipinski definition) is 1. The number of imide groups is 2. The van der Waals surface area contributed by atoms with Crippen LogP contribution in [0.3, 0.4) is 0 Å². The van der Waals surface area contributed by atoms with Gasteiger partial charge in [-0.2, -0.15) is 0 Å². The monoisotopic (exact) mass is 369 g/mol. The highest BCUT2D eigenvalue weighted by Gasteiger charge is 2.46. The maximum absolute atomic E-state index is 13.1. The van der Waals surface area contributed by atoms with E-state index in [0.717, 1.165) is 11.2 Å². The molecule has 0 radical (unpaired) electrons. The minimum absolute atomic E-state index is 0.0234. The van der Waals surface area contributed by atoms with Crippen LogP contribution in [0.25, 0.3) is 0 Å². The van der Waals surface area contributed by atoms with Crippen molar-refractivity contribution in [1.82, 2.24) is 10.2 Å². The zero-order valence-electron chi connectivity index (χ0n) is 14.6. The van der Waals surface area contributed by atoms with E-state index in [0.29, 0.717) is 37.2 Å². The molecule has 27 heavy (non-hydrogen) atoms. The summed E-state index contributed by atoms with van der Waals surface area (Å²) in [5.74, 6) is -2.00. The Bertz CT molecular complexity index is 857. The Labute approximate surface area is 155 Å². The van der Waals surface area contributed by atoms with E-state index in [1.807, 2.05) is 4.90 Å². The lowest BCUT2D eigenvalue weighted by molar-refractivity contribution is -0.136. The van der Waals surface area contributed by atoms with Crippen molar-refractivity contribution in [2.45, 2.75) is 31.7 Å². The third kappa shape index (κ3) is 2.81. The van der Waals surface area contributed by atoms with Crippen molar-refractivity contribution in [3.05, 3.63) is 29.3 Å². The molecule has 0 bridgehead atoms. The van der Waals surface area contributed by atoms with Gasteiger partial charge in [0.1, 0.15) is 12.3 Å². The van der Waals surface area contributed by atoms with Gasteiger partial charge in [0.05, 0.1) is 16.8 Å². The van der Waals surface area contributed by atoms with Gasteiger partial charge in [-0.25, -0.2) is 0 Å². The van der Waals surface area contributed by atoms with Crippen molar-refractivity contribution in [2.75, 3.05) is 18.0 Å². The number of hydrogen-bond acceptors (Lipinski definition) is 6. The second-order valence-corrected chi connectivity index (χ2v) is 7.11. The van der Waals surface area contributed by atoms with Crippen LogP contribution in [-0.4, -0.2) is 53.9 Å². The zero-order valence-corrected chi connectivity index (χ0v) is 14.6. The fourth-order valence-corrected chi connectivity index (χ4v) is 4.04.